The van der Waals surface area contributed by atoms with Crippen molar-refractivity contribution in [3.05, 3.63) is 59.9 Å². The second kappa shape index (κ2) is 7.69. The van der Waals surface area contributed by atoms with Crippen LogP contribution in [-0.2, 0) is 0 Å². The first kappa shape index (κ1) is 18.1. The van der Waals surface area contributed by atoms with E-state index >= 15 is 0 Å². The highest BCUT2D eigenvalue weighted by Crippen LogP contribution is 2.24. The minimum Gasteiger partial charge on any atom is -0.490 e. The fourth-order valence-corrected chi connectivity index (χ4v) is 2.48. The number of carbonyl (C=O) groups is 2. The summed E-state index contributed by atoms with van der Waals surface area (Å²) >= 11 is 0. The Hall–Kier alpha value is -3.68. The summed E-state index contributed by atoms with van der Waals surface area (Å²) in [5, 5.41) is 9.31. The maximum atomic E-state index is 12.5. The fourth-order valence-electron chi connectivity index (χ4n) is 2.48. The molecule has 1 aromatic heterocycles. The van der Waals surface area contributed by atoms with Gasteiger partial charge in [-0.2, -0.15) is 5.10 Å². The Labute approximate surface area is 155 Å². The van der Waals surface area contributed by atoms with E-state index in [-0.39, 0.29) is 17.6 Å². The van der Waals surface area contributed by atoms with E-state index in [4.69, 9.17) is 10.5 Å². The number of hydrogen-bond acceptors (Lipinski definition) is 5. The molecule has 2 aromatic carbocycles. The van der Waals surface area contributed by atoms with Crippen molar-refractivity contribution in [1.82, 2.24) is 15.2 Å². The number of aromatic amines is 1. The van der Waals surface area contributed by atoms with Crippen LogP contribution < -0.4 is 15.8 Å². The molecule has 8 nitrogen and oxygen atoms in total. The Morgan fingerprint density at radius 1 is 1.15 bits per heavy atom. The Bertz CT molecular complexity index is 950. The van der Waals surface area contributed by atoms with Gasteiger partial charge in [0.05, 0.1) is 11.7 Å². The molecule has 0 saturated heterocycles. The smallest absolute Gasteiger partial charge is 0.255 e. The van der Waals surface area contributed by atoms with Gasteiger partial charge in [0.15, 0.2) is 5.82 Å². The predicted octanol–water partition coefficient (Wildman–Crippen LogP) is 2.61. The molecule has 0 atom stereocenters. The van der Waals surface area contributed by atoms with Crippen molar-refractivity contribution in [3.8, 4) is 17.1 Å². The number of benzene rings is 2. The second-order valence-corrected chi connectivity index (χ2v) is 6.11. The molecule has 0 spiro atoms. The van der Waals surface area contributed by atoms with Crippen molar-refractivity contribution in [2.75, 3.05) is 5.32 Å². The average molecular weight is 365 g/mol. The van der Waals surface area contributed by atoms with Gasteiger partial charge < -0.3 is 15.8 Å². The highest BCUT2D eigenvalue weighted by atomic mass is 16.5. The summed E-state index contributed by atoms with van der Waals surface area (Å²) in [7, 11) is 0. The largest absolute Gasteiger partial charge is 0.490 e. The van der Waals surface area contributed by atoms with E-state index in [9.17, 15) is 9.59 Å². The van der Waals surface area contributed by atoms with Crippen molar-refractivity contribution in [3.63, 3.8) is 0 Å². The summed E-state index contributed by atoms with van der Waals surface area (Å²) in [6.07, 6.45) is 1.31. The standard InChI is InChI=1S/C19H19N5O3/c1-11(2)27-16-8-7-14(9-15(16)17(20)25)23-19(26)13-5-3-12(4-6-13)18-21-10-22-24-18/h3-11H,1-2H3,(H2,20,25)(H,23,26)(H,21,22,24). The normalized spacial score (nSPS) is 10.6. The lowest BCUT2D eigenvalue weighted by atomic mass is 10.1. The Morgan fingerprint density at radius 2 is 1.89 bits per heavy atom. The Balaban J connectivity index is 1.77. The summed E-state index contributed by atoms with van der Waals surface area (Å²) in [5.74, 6) is 0.0611. The maximum absolute atomic E-state index is 12.5. The average Bonchev–Trinajstić information content (AvgIpc) is 3.17. The summed E-state index contributed by atoms with van der Waals surface area (Å²) in [4.78, 5) is 28.2. The molecule has 0 aliphatic carbocycles. The van der Waals surface area contributed by atoms with E-state index in [1.807, 2.05) is 13.8 Å². The summed E-state index contributed by atoms with van der Waals surface area (Å²) in [6, 6.07) is 11.7. The van der Waals surface area contributed by atoms with E-state index in [0.29, 0.717) is 22.8 Å². The molecule has 0 radical (unpaired) electrons. The van der Waals surface area contributed by atoms with Crippen molar-refractivity contribution >= 4 is 17.5 Å². The number of anilines is 1. The lowest BCUT2D eigenvalue weighted by Crippen LogP contribution is -2.17. The van der Waals surface area contributed by atoms with Crippen LogP contribution in [0.25, 0.3) is 11.4 Å². The molecule has 0 aliphatic heterocycles. The van der Waals surface area contributed by atoms with Crippen molar-refractivity contribution in [1.29, 1.82) is 0 Å². The van der Waals surface area contributed by atoms with Gasteiger partial charge in [0.1, 0.15) is 12.1 Å². The summed E-state index contributed by atoms with van der Waals surface area (Å²) in [5.41, 5.74) is 7.35. The van der Waals surface area contributed by atoms with Gasteiger partial charge in [0, 0.05) is 16.8 Å². The zero-order valence-corrected chi connectivity index (χ0v) is 14.9. The van der Waals surface area contributed by atoms with E-state index < -0.39 is 5.91 Å². The maximum Gasteiger partial charge on any atom is 0.255 e. The van der Waals surface area contributed by atoms with E-state index in [1.54, 1.807) is 36.4 Å². The third-order valence-corrected chi connectivity index (χ3v) is 3.70. The SMILES string of the molecule is CC(C)Oc1ccc(NC(=O)c2ccc(-c3ncn[nH]3)cc2)cc1C(N)=O. The minimum absolute atomic E-state index is 0.105. The number of hydrogen-bond donors (Lipinski definition) is 3. The van der Waals surface area contributed by atoms with Crippen LogP contribution in [0.1, 0.15) is 34.6 Å². The first-order chi connectivity index (χ1) is 12.9. The molecule has 1 heterocycles. The number of aromatic nitrogens is 3. The van der Waals surface area contributed by atoms with Gasteiger partial charge in [-0.25, -0.2) is 4.98 Å². The molecule has 8 heteroatoms. The number of carbonyl (C=O) groups excluding carboxylic acids is 2. The van der Waals surface area contributed by atoms with Crippen LogP contribution in [0.15, 0.2) is 48.8 Å². The summed E-state index contributed by atoms with van der Waals surface area (Å²) in [6.45, 7) is 3.70. The summed E-state index contributed by atoms with van der Waals surface area (Å²) < 4.78 is 5.57. The monoisotopic (exact) mass is 365 g/mol. The van der Waals surface area contributed by atoms with Gasteiger partial charge in [-0.15, -0.1) is 0 Å². The van der Waals surface area contributed by atoms with Crippen LogP contribution in [-0.4, -0.2) is 33.1 Å². The molecule has 3 aromatic rings. The van der Waals surface area contributed by atoms with Crippen LogP contribution in [0, 0.1) is 0 Å². The van der Waals surface area contributed by atoms with Crippen LogP contribution >= 0.6 is 0 Å². The molecule has 0 saturated carbocycles. The fraction of sp³-hybridized carbons (Fsp3) is 0.158. The molecule has 138 valence electrons. The van der Waals surface area contributed by atoms with Crippen LogP contribution in [0.3, 0.4) is 0 Å². The first-order valence-electron chi connectivity index (χ1n) is 8.31. The topological polar surface area (TPSA) is 123 Å². The molecule has 27 heavy (non-hydrogen) atoms. The van der Waals surface area contributed by atoms with Gasteiger partial charge in [-0.3, -0.25) is 14.7 Å². The van der Waals surface area contributed by atoms with Crippen LogP contribution in [0.4, 0.5) is 5.69 Å². The van der Waals surface area contributed by atoms with Crippen LogP contribution in [0.2, 0.25) is 0 Å². The van der Waals surface area contributed by atoms with Crippen molar-refractivity contribution in [2.24, 2.45) is 5.73 Å². The van der Waals surface area contributed by atoms with Gasteiger partial charge in [0.2, 0.25) is 0 Å². The number of ether oxygens (including phenoxy) is 1. The number of nitrogens with zero attached hydrogens (tertiary/aromatic N) is 2. The molecule has 0 bridgehead atoms. The molecule has 3 rings (SSSR count). The number of primary amides is 1. The van der Waals surface area contributed by atoms with E-state index in [0.717, 1.165) is 5.56 Å². The highest BCUT2D eigenvalue weighted by molar-refractivity contribution is 6.05. The number of nitrogens with one attached hydrogen (secondary N) is 2. The van der Waals surface area contributed by atoms with Crippen LogP contribution in [0.5, 0.6) is 5.75 Å². The minimum atomic E-state index is -0.627. The molecule has 0 unspecified atom stereocenters. The first-order valence-corrected chi connectivity index (χ1v) is 8.31. The quantitative estimate of drug-likeness (QED) is 0.619. The zero-order valence-electron chi connectivity index (χ0n) is 14.9. The number of nitrogens with two attached hydrogens (primary N) is 1. The number of rotatable bonds is 6. The molecule has 0 aliphatic rings. The molecule has 0 fully saturated rings. The zero-order chi connectivity index (χ0) is 19.4. The number of amides is 2. The van der Waals surface area contributed by atoms with Gasteiger partial charge in [-0.1, -0.05) is 12.1 Å². The van der Waals surface area contributed by atoms with Gasteiger partial charge >= 0.3 is 0 Å². The molecular weight excluding hydrogens is 346 g/mol. The second-order valence-electron chi connectivity index (χ2n) is 6.11. The number of H-pyrrole nitrogens is 1. The lowest BCUT2D eigenvalue weighted by molar-refractivity contribution is 0.0990. The van der Waals surface area contributed by atoms with Gasteiger partial charge in [-0.05, 0) is 44.2 Å². The molecular formula is C19H19N5O3. The third-order valence-electron chi connectivity index (χ3n) is 3.70. The van der Waals surface area contributed by atoms with Gasteiger partial charge in [0.25, 0.3) is 11.8 Å². The third kappa shape index (κ3) is 4.30. The van der Waals surface area contributed by atoms with Crippen molar-refractivity contribution < 1.29 is 14.3 Å². The van der Waals surface area contributed by atoms with Crippen molar-refractivity contribution in [2.45, 2.75) is 20.0 Å². The molecule has 2 amide bonds. The highest BCUT2D eigenvalue weighted by Gasteiger charge is 2.14. The Kier molecular flexibility index (Phi) is 5.16. The molecule has 4 N–H and O–H groups in total. The Morgan fingerprint density at radius 3 is 2.48 bits per heavy atom. The van der Waals surface area contributed by atoms with E-state index in [1.165, 1.54) is 12.4 Å². The lowest BCUT2D eigenvalue weighted by Gasteiger charge is -2.14. The predicted molar refractivity (Wildman–Crippen MR) is 100 cm³/mol. The van der Waals surface area contributed by atoms with E-state index in [2.05, 4.69) is 20.5 Å².